The zero-order valence-corrected chi connectivity index (χ0v) is 33.9. The van der Waals surface area contributed by atoms with Crippen molar-refractivity contribution in [3.05, 3.63) is 12.7 Å². The Morgan fingerprint density at radius 3 is 2.38 bits per heavy atom. The van der Waals surface area contributed by atoms with E-state index in [0.29, 0.717) is 5.75 Å². The molecule has 25 nitrogen and oxygen atoms in total. The molecule has 310 valence electrons. The van der Waals surface area contributed by atoms with Crippen LogP contribution in [0.5, 0.6) is 0 Å². The lowest BCUT2D eigenvalue weighted by molar-refractivity contribution is -0.137. The maximum absolute atomic E-state index is 12.6. The topological polar surface area (TPSA) is 381 Å². The van der Waals surface area contributed by atoms with E-state index in [4.69, 9.17) is 19.5 Å². The minimum atomic E-state index is -5.58. The fourth-order valence-corrected chi connectivity index (χ4v) is 8.40. The largest absolute Gasteiger partial charge is 0.481 e. The van der Waals surface area contributed by atoms with E-state index in [1.54, 1.807) is 0 Å². The molecule has 1 saturated heterocycles. The quantitative estimate of drug-likeness (QED) is 0.0270. The number of halogens is 1. The molecule has 1 fully saturated rings. The molecule has 3 rings (SSSR count). The van der Waals surface area contributed by atoms with Crippen LogP contribution in [0.1, 0.15) is 26.5 Å². The highest BCUT2D eigenvalue weighted by molar-refractivity contribution is 9.09. The standard InChI is InChI=1S/C25H39BrN7O18P3S/c1-25(2,20(38)23(39)29-4-3-16(36)28-5-6-55-9-14(35)13(34)7-26)10-48-54(45,46)51-53(43,44)47-8-15-19(50-52(40,41)42)18(37)24(49-15)33-12-32-17-21(27)30-11-31-22(17)33/h11-12,15,18-20,24,37-38H,3-10H2,1-2H3,(H,28,36)(H,29,39)(H,43,44)(H,45,46)(H2,27,30,31)(H2,40,41,42)/t15-,18-,19-,20+,24-/m1/s1. The van der Waals surface area contributed by atoms with Crippen LogP contribution in [0.2, 0.25) is 0 Å². The molecule has 3 heterocycles. The van der Waals surface area contributed by atoms with Crippen molar-refractivity contribution in [1.29, 1.82) is 0 Å². The predicted molar refractivity (Wildman–Crippen MR) is 191 cm³/mol. The number of aromatic nitrogens is 4. The number of carbonyl (C=O) groups is 4. The minimum absolute atomic E-state index is 0.0240. The van der Waals surface area contributed by atoms with Crippen molar-refractivity contribution in [3.63, 3.8) is 0 Å². The molecule has 0 saturated carbocycles. The fraction of sp³-hybridized carbons (Fsp3) is 0.640. The lowest BCUT2D eigenvalue weighted by Gasteiger charge is -2.30. The number of amides is 2. The van der Waals surface area contributed by atoms with Crippen LogP contribution < -0.4 is 16.4 Å². The summed E-state index contributed by atoms with van der Waals surface area (Å²) in [4.78, 5) is 98.1. The van der Waals surface area contributed by atoms with Crippen LogP contribution >= 0.6 is 51.2 Å². The number of Topliss-reactive ketones (excluding diaryl/α,β-unsaturated/α-hetero) is 2. The highest BCUT2D eigenvalue weighted by Gasteiger charge is 2.50. The Labute approximate surface area is 324 Å². The number of ketones is 2. The molecule has 2 aromatic heterocycles. The first-order chi connectivity index (χ1) is 25.5. The zero-order chi connectivity index (χ0) is 41.4. The Balaban J connectivity index is 1.49. The number of imidazole rings is 1. The number of nitrogens with one attached hydrogen (secondary N) is 2. The number of carbonyl (C=O) groups excluding carboxylic acids is 4. The Morgan fingerprint density at radius 1 is 1.05 bits per heavy atom. The monoisotopic (exact) mass is 929 g/mol. The van der Waals surface area contributed by atoms with E-state index in [1.807, 2.05) is 0 Å². The molecule has 30 heteroatoms. The van der Waals surface area contributed by atoms with E-state index in [0.717, 1.165) is 29.0 Å². The molecule has 10 N–H and O–H groups in total. The average Bonchev–Trinajstić information content (AvgIpc) is 3.65. The summed E-state index contributed by atoms with van der Waals surface area (Å²) in [7, 11) is -16.4. The lowest BCUT2D eigenvalue weighted by atomic mass is 9.87. The maximum Gasteiger partial charge on any atom is 0.481 e. The summed E-state index contributed by atoms with van der Waals surface area (Å²) in [6.45, 7) is 0.379. The summed E-state index contributed by atoms with van der Waals surface area (Å²) in [5.74, 6) is -2.33. The predicted octanol–water partition coefficient (Wildman–Crippen LogP) is -1.33. The number of phosphoric acid groups is 3. The van der Waals surface area contributed by atoms with Gasteiger partial charge in [0.15, 0.2) is 17.7 Å². The number of aliphatic hydroxyl groups excluding tert-OH is 2. The summed E-state index contributed by atoms with van der Waals surface area (Å²) in [6.07, 6.45) is -7.00. The lowest BCUT2D eigenvalue weighted by Crippen LogP contribution is -2.46. The van der Waals surface area contributed by atoms with Gasteiger partial charge in [0.1, 0.15) is 36.3 Å². The normalized spacial score (nSPS) is 21.8. The molecule has 2 unspecified atom stereocenters. The van der Waals surface area contributed by atoms with E-state index in [9.17, 15) is 62.7 Å². The van der Waals surface area contributed by atoms with Crippen molar-refractivity contribution in [2.45, 2.75) is 50.9 Å². The summed E-state index contributed by atoms with van der Waals surface area (Å²) in [6, 6.07) is 0. The summed E-state index contributed by atoms with van der Waals surface area (Å²) >= 11 is 4.04. The number of fused-ring (bicyclic) bond motifs is 1. The van der Waals surface area contributed by atoms with Gasteiger partial charge in [0.2, 0.25) is 23.4 Å². The van der Waals surface area contributed by atoms with Crippen molar-refractivity contribution in [2.24, 2.45) is 5.41 Å². The fourth-order valence-electron chi connectivity index (χ4n) is 4.52. The van der Waals surface area contributed by atoms with Gasteiger partial charge in [-0.2, -0.15) is 16.1 Å². The highest BCUT2D eigenvalue weighted by atomic mass is 79.9. The van der Waals surface area contributed by atoms with Gasteiger partial charge in [0.05, 0.1) is 30.6 Å². The van der Waals surface area contributed by atoms with E-state index < -0.39 is 96.1 Å². The number of aliphatic hydroxyl groups is 2. The van der Waals surface area contributed by atoms with Crippen LogP contribution in [-0.4, -0.2) is 140 Å². The first kappa shape index (κ1) is 47.1. The molecule has 1 aliphatic rings. The van der Waals surface area contributed by atoms with Gasteiger partial charge in [0.25, 0.3) is 0 Å². The third-order valence-electron chi connectivity index (χ3n) is 7.31. The van der Waals surface area contributed by atoms with Crippen LogP contribution in [-0.2, 0) is 55.5 Å². The van der Waals surface area contributed by atoms with Gasteiger partial charge in [-0.1, -0.05) is 29.8 Å². The molecule has 55 heavy (non-hydrogen) atoms. The number of nitrogen functional groups attached to an aromatic ring is 1. The molecule has 2 aromatic rings. The number of anilines is 1. The first-order valence-corrected chi connectivity index (χ1v) is 22.4. The SMILES string of the molecule is CC(C)(COP(=O)(O)OP(=O)(O)OC[C@H]1O[C@@H](n2cnc3c(N)ncnc32)[C@H](O)[C@@H]1OP(=O)(O)O)[C@@H](O)C(=O)NCCC(=O)NCCSCC(=O)C(=O)CBr. The molecule has 1 aliphatic heterocycles. The van der Waals surface area contributed by atoms with Crippen molar-refractivity contribution in [3.8, 4) is 0 Å². The Kier molecular flexibility index (Phi) is 17.1. The van der Waals surface area contributed by atoms with Crippen LogP contribution in [0.4, 0.5) is 5.82 Å². The number of thioether (sulfide) groups is 1. The van der Waals surface area contributed by atoms with E-state index >= 15 is 0 Å². The van der Waals surface area contributed by atoms with Crippen molar-refractivity contribution >= 4 is 91.5 Å². The number of nitrogens with two attached hydrogens (primary N) is 1. The molecule has 2 amide bonds. The molecule has 0 bridgehead atoms. The number of nitrogens with zero attached hydrogens (tertiary/aromatic N) is 4. The van der Waals surface area contributed by atoms with Crippen LogP contribution in [0, 0.1) is 5.41 Å². The molecule has 0 aromatic carbocycles. The van der Waals surface area contributed by atoms with E-state index in [2.05, 4.69) is 50.3 Å². The van der Waals surface area contributed by atoms with Gasteiger partial charge in [-0.25, -0.2) is 28.6 Å². The van der Waals surface area contributed by atoms with Gasteiger partial charge < -0.3 is 50.9 Å². The summed E-state index contributed by atoms with van der Waals surface area (Å²) in [5.41, 5.74) is 4.22. The van der Waals surface area contributed by atoms with Crippen LogP contribution in [0.3, 0.4) is 0 Å². The Hall–Kier alpha value is -2.29. The van der Waals surface area contributed by atoms with Gasteiger partial charge >= 0.3 is 23.5 Å². The summed E-state index contributed by atoms with van der Waals surface area (Å²) < 4.78 is 61.9. The van der Waals surface area contributed by atoms with Gasteiger partial charge in [0, 0.05) is 30.7 Å². The molecule has 7 atom stereocenters. The number of alkyl halides is 1. The first-order valence-electron chi connectivity index (χ1n) is 15.6. The smallest absolute Gasteiger partial charge is 0.386 e. The average molecular weight is 931 g/mol. The number of hydrogen-bond acceptors (Lipinski definition) is 19. The van der Waals surface area contributed by atoms with Crippen LogP contribution in [0.25, 0.3) is 11.2 Å². The Morgan fingerprint density at radius 2 is 1.73 bits per heavy atom. The molecule has 0 spiro atoms. The van der Waals surface area contributed by atoms with Gasteiger partial charge in [-0.3, -0.25) is 37.3 Å². The van der Waals surface area contributed by atoms with Crippen molar-refractivity contribution in [1.82, 2.24) is 30.2 Å². The Bertz CT molecular complexity index is 1850. The van der Waals surface area contributed by atoms with Crippen molar-refractivity contribution < 1.29 is 85.3 Å². The number of rotatable bonds is 23. The maximum atomic E-state index is 12.6. The highest BCUT2D eigenvalue weighted by Crippen LogP contribution is 2.61. The molecule has 0 radical (unpaired) electrons. The second-order valence-electron chi connectivity index (χ2n) is 12.1. The van der Waals surface area contributed by atoms with E-state index in [-0.39, 0.29) is 47.6 Å². The second-order valence-corrected chi connectivity index (χ2v) is 18.0. The molecular weight excluding hydrogens is 891 g/mol. The summed E-state index contributed by atoms with van der Waals surface area (Å²) in [5, 5.41) is 26.2. The second kappa shape index (κ2) is 19.9. The number of ether oxygens (including phenoxy) is 1. The van der Waals surface area contributed by atoms with Crippen molar-refractivity contribution in [2.75, 3.05) is 48.9 Å². The third kappa shape index (κ3) is 14.2. The molecule has 0 aliphatic carbocycles. The minimum Gasteiger partial charge on any atom is -0.386 e. The number of phosphoric ester groups is 3. The van der Waals surface area contributed by atoms with E-state index in [1.165, 1.54) is 13.8 Å². The zero-order valence-electron chi connectivity index (χ0n) is 28.8. The van der Waals surface area contributed by atoms with Gasteiger partial charge in [-0.05, 0) is 0 Å². The van der Waals surface area contributed by atoms with Crippen LogP contribution in [0.15, 0.2) is 12.7 Å². The van der Waals surface area contributed by atoms with Gasteiger partial charge in [-0.15, -0.1) is 0 Å². The third-order valence-corrected chi connectivity index (χ3v) is 11.9. The number of hydrogen-bond donors (Lipinski definition) is 9. The molecular formula is C25H39BrN7O18P3S.